The molecule has 0 spiro atoms. The first-order chi connectivity index (χ1) is 17.3. The van der Waals surface area contributed by atoms with Crippen molar-refractivity contribution in [2.75, 3.05) is 26.7 Å². The van der Waals surface area contributed by atoms with Crippen LogP contribution in [-0.4, -0.2) is 70.6 Å². The third kappa shape index (κ3) is 5.59. The van der Waals surface area contributed by atoms with Crippen molar-refractivity contribution in [3.8, 4) is 5.88 Å². The molecular weight excluding hydrogens is 461 g/mol. The second-order valence-electron chi connectivity index (χ2n) is 9.87. The lowest BCUT2D eigenvalue weighted by Gasteiger charge is -2.37. The highest BCUT2D eigenvalue weighted by Gasteiger charge is 2.35. The van der Waals surface area contributed by atoms with Gasteiger partial charge in [-0.15, -0.1) is 0 Å². The van der Waals surface area contributed by atoms with Crippen molar-refractivity contribution in [3.05, 3.63) is 65.1 Å². The van der Waals surface area contributed by atoms with E-state index in [9.17, 15) is 19.1 Å². The number of fused-ring (bicyclic) bond motifs is 1. The van der Waals surface area contributed by atoms with Crippen LogP contribution in [0.5, 0.6) is 5.88 Å². The molecule has 2 heterocycles. The summed E-state index contributed by atoms with van der Waals surface area (Å²) in [4.78, 5) is 34.3. The maximum atomic E-state index is 13.7. The van der Waals surface area contributed by atoms with Crippen LogP contribution in [0.4, 0.5) is 4.39 Å². The van der Waals surface area contributed by atoms with E-state index in [0.29, 0.717) is 12.1 Å². The Balaban J connectivity index is 1.65. The Morgan fingerprint density at radius 1 is 1.33 bits per heavy atom. The SMILES string of the molecule is C[C@H](CO)N1C[C@H](C)[C@H](CN(C)C(=O)c2cccc(F)c2)Oc2ncc(C3=CCCCC3)cc2C1=O. The number of hydrogen-bond donors (Lipinski definition) is 1. The number of rotatable bonds is 6. The highest BCUT2D eigenvalue weighted by atomic mass is 19.1. The molecule has 0 fully saturated rings. The highest BCUT2D eigenvalue weighted by molar-refractivity contribution is 5.97. The van der Waals surface area contributed by atoms with Gasteiger partial charge < -0.3 is 19.6 Å². The van der Waals surface area contributed by atoms with Gasteiger partial charge in [0.2, 0.25) is 5.88 Å². The molecule has 0 saturated heterocycles. The summed E-state index contributed by atoms with van der Waals surface area (Å²) in [6.07, 6.45) is 7.69. The van der Waals surface area contributed by atoms with Crippen LogP contribution < -0.4 is 4.74 Å². The van der Waals surface area contributed by atoms with Gasteiger partial charge in [-0.1, -0.05) is 19.1 Å². The molecule has 3 atom stereocenters. The summed E-state index contributed by atoms with van der Waals surface area (Å²) < 4.78 is 20.0. The molecule has 4 rings (SSSR count). The molecule has 36 heavy (non-hydrogen) atoms. The molecule has 2 aliphatic rings. The molecule has 1 aromatic carbocycles. The summed E-state index contributed by atoms with van der Waals surface area (Å²) in [5.41, 5.74) is 2.70. The average Bonchev–Trinajstić information content (AvgIpc) is 2.90. The van der Waals surface area contributed by atoms with E-state index in [0.717, 1.165) is 31.2 Å². The van der Waals surface area contributed by atoms with E-state index in [-0.39, 0.29) is 42.3 Å². The number of aliphatic hydroxyl groups excluding tert-OH is 1. The minimum absolute atomic E-state index is 0.165. The number of hydrogen-bond acceptors (Lipinski definition) is 5. The molecule has 0 unspecified atom stereocenters. The zero-order chi connectivity index (χ0) is 25.8. The molecule has 8 heteroatoms. The van der Waals surface area contributed by atoms with E-state index < -0.39 is 18.0 Å². The first-order valence-electron chi connectivity index (χ1n) is 12.6. The third-order valence-corrected chi connectivity index (χ3v) is 7.05. The summed E-state index contributed by atoms with van der Waals surface area (Å²) in [5, 5.41) is 9.86. The van der Waals surface area contributed by atoms with E-state index in [4.69, 9.17) is 4.74 Å². The fourth-order valence-electron chi connectivity index (χ4n) is 4.79. The van der Waals surface area contributed by atoms with Crippen molar-refractivity contribution in [1.82, 2.24) is 14.8 Å². The van der Waals surface area contributed by atoms with Crippen molar-refractivity contribution in [2.45, 2.75) is 51.7 Å². The van der Waals surface area contributed by atoms with Gasteiger partial charge in [0.1, 0.15) is 17.5 Å². The topological polar surface area (TPSA) is 83.0 Å². The van der Waals surface area contributed by atoms with Crippen molar-refractivity contribution in [3.63, 3.8) is 0 Å². The van der Waals surface area contributed by atoms with Crippen LogP contribution in [-0.2, 0) is 0 Å². The van der Waals surface area contributed by atoms with Crippen LogP contribution in [0.3, 0.4) is 0 Å². The van der Waals surface area contributed by atoms with Crippen LogP contribution in [0.1, 0.15) is 65.8 Å². The number of aromatic nitrogens is 1. The van der Waals surface area contributed by atoms with E-state index >= 15 is 0 Å². The predicted molar refractivity (Wildman–Crippen MR) is 135 cm³/mol. The largest absolute Gasteiger partial charge is 0.472 e. The molecule has 192 valence electrons. The average molecular weight is 496 g/mol. The van der Waals surface area contributed by atoms with Crippen molar-refractivity contribution in [1.29, 1.82) is 0 Å². The van der Waals surface area contributed by atoms with E-state index in [2.05, 4.69) is 11.1 Å². The predicted octanol–water partition coefficient (Wildman–Crippen LogP) is 4.17. The minimum atomic E-state index is -0.473. The van der Waals surface area contributed by atoms with Gasteiger partial charge in [-0.25, -0.2) is 9.37 Å². The first kappa shape index (κ1) is 25.8. The van der Waals surface area contributed by atoms with Gasteiger partial charge in [-0.2, -0.15) is 0 Å². The monoisotopic (exact) mass is 495 g/mol. The zero-order valence-electron chi connectivity index (χ0n) is 21.1. The van der Waals surface area contributed by atoms with Gasteiger partial charge in [0, 0.05) is 31.3 Å². The quantitative estimate of drug-likeness (QED) is 0.651. The molecule has 1 N–H and O–H groups in total. The van der Waals surface area contributed by atoms with Crippen molar-refractivity contribution < 1.29 is 23.8 Å². The van der Waals surface area contributed by atoms with Gasteiger partial charge in [0.25, 0.3) is 11.8 Å². The Hall–Kier alpha value is -3.26. The van der Waals surface area contributed by atoms with Crippen LogP contribution in [0.25, 0.3) is 5.57 Å². The molecule has 2 amide bonds. The summed E-state index contributed by atoms with van der Waals surface area (Å²) >= 11 is 0. The smallest absolute Gasteiger partial charge is 0.259 e. The number of likely N-dealkylation sites (N-methyl/N-ethyl adjacent to an activating group) is 1. The normalized spacial score (nSPS) is 21.0. The third-order valence-electron chi connectivity index (χ3n) is 7.05. The number of pyridine rings is 1. The Kier molecular flexibility index (Phi) is 8.04. The Bertz CT molecular complexity index is 1150. The zero-order valence-corrected chi connectivity index (χ0v) is 21.1. The number of benzene rings is 1. The number of ether oxygens (including phenoxy) is 1. The Morgan fingerprint density at radius 2 is 2.14 bits per heavy atom. The molecule has 2 aromatic rings. The number of nitrogens with zero attached hydrogens (tertiary/aromatic N) is 3. The van der Waals surface area contributed by atoms with E-state index in [1.165, 1.54) is 28.7 Å². The fraction of sp³-hybridized carbons (Fsp3) is 0.464. The minimum Gasteiger partial charge on any atom is -0.472 e. The number of allylic oxidation sites excluding steroid dienone is 2. The van der Waals surface area contributed by atoms with Gasteiger partial charge in [-0.3, -0.25) is 9.59 Å². The number of amides is 2. The lowest BCUT2D eigenvalue weighted by molar-refractivity contribution is 0.0313. The number of halogens is 1. The molecular formula is C28H34FN3O4. The van der Waals surface area contributed by atoms with Gasteiger partial charge in [0.05, 0.1) is 19.2 Å². The van der Waals surface area contributed by atoms with Crippen LogP contribution in [0.2, 0.25) is 0 Å². The molecule has 1 aliphatic carbocycles. The Labute approximate surface area is 211 Å². The maximum Gasteiger partial charge on any atom is 0.259 e. The summed E-state index contributed by atoms with van der Waals surface area (Å²) in [6.45, 7) is 4.15. The molecule has 1 aliphatic heterocycles. The van der Waals surface area contributed by atoms with Gasteiger partial charge in [-0.05, 0) is 68.0 Å². The summed E-state index contributed by atoms with van der Waals surface area (Å²) in [6, 6.07) is 7.04. The van der Waals surface area contributed by atoms with Crippen molar-refractivity contribution >= 4 is 17.4 Å². The second kappa shape index (κ2) is 11.2. The van der Waals surface area contributed by atoms with Crippen LogP contribution in [0, 0.1) is 11.7 Å². The van der Waals surface area contributed by atoms with Crippen LogP contribution in [0.15, 0.2) is 42.6 Å². The number of carbonyl (C=O) groups is 2. The second-order valence-corrected chi connectivity index (χ2v) is 9.87. The Morgan fingerprint density at radius 3 is 2.83 bits per heavy atom. The standard InChI is InChI=1S/C28H34FN3O4/c1-18-15-32(19(2)17-33)28(35)24-13-22(20-8-5-4-6-9-20)14-30-26(24)36-25(18)16-31(3)27(34)21-10-7-11-23(29)12-21/h7-8,10-14,18-19,25,33H,4-6,9,15-17H2,1-3H3/t18-,19+,25-/m0/s1. The first-order valence-corrected chi connectivity index (χ1v) is 12.6. The highest BCUT2D eigenvalue weighted by Crippen LogP contribution is 2.32. The molecule has 0 bridgehead atoms. The molecule has 0 saturated carbocycles. The molecule has 0 radical (unpaired) electrons. The lowest BCUT2D eigenvalue weighted by Crippen LogP contribution is -2.50. The molecule has 1 aromatic heterocycles. The molecule has 7 nitrogen and oxygen atoms in total. The maximum absolute atomic E-state index is 13.7. The van der Waals surface area contributed by atoms with Gasteiger partial charge >= 0.3 is 0 Å². The summed E-state index contributed by atoms with van der Waals surface area (Å²) in [7, 11) is 1.65. The van der Waals surface area contributed by atoms with Crippen LogP contribution >= 0.6 is 0 Å². The number of aliphatic hydroxyl groups is 1. The lowest BCUT2D eigenvalue weighted by atomic mass is 9.93. The fourth-order valence-corrected chi connectivity index (χ4v) is 4.79. The van der Waals surface area contributed by atoms with E-state index in [1.54, 1.807) is 24.2 Å². The summed E-state index contributed by atoms with van der Waals surface area (Å²) in [5.74, 6) is -0.970. The number of carbonyl (C=O) groups excluding carboxylic acids is 2. The van der Waals surface area contributed by atoms with E-state index in [1.807, 2.05) is 19.9 Å². The van der Waals surface area contributed by atoms with Crippen molar-refractivity contribution in [2.24, 2.45) is 5.92 Å². The van der Waals surface area contributed by atoms with Gasteiger partial charge in [0.15, 0.2) is 0 Å².